The molecule has 3 heterocycles. The van der Waals surface area contributed by atoms with Gasteiger partial charge in [0.15, 0.2) is 5.82 Å². The molecule has 0 saturated carbocycles. The third-order valence-electron chi connectivity index (χ3n) is 3.55. The fraction of sp³-hybridized carbons (Fsp3) is 0.429. The molecule has 100 valence electrons. The summed E-state index contributed by atoms with van der Waals surface area (Å²) >= 11 is 0. The molecule has 1 aliphatic heterocycles. The third kappa shape index (κ3) is 2.54. The summed E-state index contributed by atoms with van der Waals surface area (Å²) in [7, 11) is 2.01. The lowest BCUT2D eigenvalue weighted by Crippen LogP contribution is -2.20. The molecular formula is C14H19N5. The molecule has 0 aliphatic carbocycles. The van der Waals surface area contributed by atoms with Crippen molar-refractivity contribution in [2.24, 2.45) is 7.05 Å². The van der Waals surface area contributed by atoms with Crippen molar-refractivity contribution in [2.45, 2.75) is 19.4 Å². The Morgan fingerprint density at radius 3 is 2.79 bits per heavy atom. The van der Waals surface area contributed by atoms with E-state index in [4.69, 9.17) is 0 Å². The van der Waals surface area contributed by atoms with Gasteiger partial charge in [0.1, 0.15) is 5.82 Å². The maximum atomic E-state index is 4.52. The first-order valence-electron chi connectivity index (χ1n) is 6.74. The molecule has 1 saturated heterocycles. The van der Waals surface area contributed by atoms with Gasteiger partial charge in [-0.15, -0.1) is 0 Å². The van der Waals surface area contributed by atoms with Gasteiger partial charge in [0.2, 0.25) is 0 Å². The van der Waals surface area contributed by atoms with Crippen molar-refractivity contribution in [3.05, 3.63) is 36.5 Å². The van der Waals surface area contributed by atoms with E-state index in [2.05, 4.69) is 26.3 Å². The van der Waals surface area contributed by atoms with Crippen LogP contribution in [0.4, 0.5) is 11.5 Å². The number of rotatable bonds is 4. The van der Waals surface area contributed by atoms with Crippen molar-refractivity contribution < 1.29 is 0 Å². The maximum absolute atomic E-state index is 4.52. The Morgan fingerprint density at radius 2 is 2.05 bits per heavy atom. The summed E-state index contributed by atoms with van der Waals surface area (Å²) < 4.78 is 2.03. The molecular weight excluding hydrogens is 238 g/mol. The minimum atomic E-state index is 0.718. The van der Waals surface area contributed by atoms with Crippen LogP contribution in [0.1, 0.15) is 18.7 Å². The van der Waals surface area contributed by atoms with Gasteiger partial charge in [0.25, 0.3) is 0 Å². The van der Waals surface area contributed by atoms with Crippen LogP contribution in [-0.2, 0) is 13.6 Å². The first-order valence-corrected chi connectivity index (χ1v) is 6.74. The van der Waals surface area contributed by atoms with Crippen molar-refractivity contribution in [3.63, 3.8) is 0 Å². The fourth-order valence-electron chi connectivity index (χ4n) is 2.46. The normalized spacial score (nSPS) is 14.9. The Morgan fingerprint density at radius 1 is 1.21 bits per heavy atom. The second-order valence-electron chi connectivity index (χ2n) is 4.88. The van der Waals surface area contributed by atoms with Gasteiger partial charge >= 0.3 is 0 Å². The van der Waals surface area contributed by atoms with E-state index in [-0.39, 0.29) is 0 Å². The van der Waals surface area contributed by atoms with E-state index in [1.165, 1.54) is 12.8 Å². The molecule has 0 aromatic carbocycles. The van der Waals surface area contributed by atoms with Gasteiger partial charge < -0.3 is 14.8 Å². The summed E-state index contributed by atoms with van der Waals surface area (Å²) in [5.74, 6) is 2.09. The molecule has 5 nitrogen and oxygen atoms in total. The highest BCUT2D eigenvalue weighted by Gasteiger charge is 2.16. The quantitative estimate of drug-likeness (QED) is 0.910. The zero-order chi connectivity index (χ0) is 13.1. The van der Waals surface area contributed by atoms with Gasteiger partial charge in [-0.05, 0) is 25.0 Å². The molecule has 0 radical (unpaired) electrons. The Labute approximate surface area is 113 Å². The van der Waals surface area contributed by atoms with Crippen molar-refractivity contribution in [1.82, 2.24) is 14.5 Å². The van der Waals surface area contributed by atoms with Crippen molar-refractivity contribution in [1.29, 1.82) is 0 Å². The van der Waals surface area contributed by atoms with E-state index in [1.807, 2.05) is 36.3 Å². The van der Waals surface area contributed by atoms with Crippen LogP contribution in [0.15, 0.2) is 30.7 Å². The van der Waals surface area contributed by atoms with E-state index in [0.717, 1.165) is 37.0 Å². The first kappa shape index (κ1) is 12.0. The Bertz CT molecular complexity index is 542. The molecule has 1 aliphatic rings. The van der Waals surface area contributed by atoms with Crippen molar-refractivity contribution in [2.75, 3.05) is 23.3 Å². The molecule has 0 amide bonds. The largest absolute Gasteiger partial charge is 0.375 e. The highest BCUT2D eigenvalue weighted by atomic mass is 15.2. The topological polar surface area (TPSA) is 46.0 Å². The standard InChI is InChI=1S/C14H19N5/c1-18-10-7-15-13(18)11-17-12-5-4-6-16-14(12)19-8-2-3-9-19/h4-7,10,17H,2-3,8-9,11H2,1H3. The zero-order valence-electron chi connectivity index (χ0n) is 11.2. The number of aryl methyl sites for hydroxylation is 1. The molecule has 0 bridgehead atoms. The maximum Gasteiger partial charge on any atom is 0.151 e. The summed E-state index contributed by atoms with van der Waals surface area (Å²) in [4.78, 5) is 11.2. The van der Waals surface area contributed by atoms with Crippen LogP contribution < -0.4 is 10.2 Å². The molecule has 2 aromatic heterocycles. The highest BCUT2D eigenvalue weighted by Crippen LogP contribution is 2.26. The van der Waals surface area contributed by atoms with Crippen LogP contribution in [0.3, 0.4) is 0 Å². The SMILES string of the molecule is Cn1ccnc1CNc1cccnc1N1CCCC1. The zero-order valence-corrected chi connectivity index (χ0v) is 11.2. The van der Waals surface area contributed by atoms with E-state index in [0.29, 0.717) is 0 Å². The Hall–Kier alpha value is -2.04. The number of aromatic nitrogens is 3. The minimum Gasteiger partial charge on any atom is -0.375 e. The number of nitrogens with zero attached hydrogens (tertiary/aromatic N) is 4. The van der Waals surface area contributed by atoms with Crippen LogP contribution in [0.25, 0.3) is 0 Å². The number of hydrogen-bond acceptors (Lipinski definition) is 4. The summed E-state index contributed by atoms with van der Waals surface area (Å²) in [6.07, 6.45) is 8.16. The number of anilines is 2. The fourth-order valence-corrected chi connectivity index (χ4v) is 2.46. The molecule has 1 N–H and O–H groups in total. The number of nitrogens with one attached hydrogen (secondary N) is 1. The van der Waals surface area contributed by atoms with Crippen LogP contribution in [0.2, 0.25) is 0 Å². The lowest BCUT2D eigenvalue weighted by molar-refractivity contribution is 0.811. The second kappa shape index (κ2) is 5.30. The third-order valence-corrected chi connectivity index (χ3v) is 3.55. The van der Waals surface area contributed by atoms with Crippen molar-refractivity contribution in [3.8, 4) is 0 Å². The molecule has 3 rings (SSSR count). The van der Waals surface area contributed by atoms with E-state index in [1.54, 1.807) is 0 Å². The van der Waals surface area contributed by atoms with Crippen LogP contribution in [0, 0.1) is 0 Å². The van der Waals surface area contributed by atoms with Crippen LogP contribution >= 0.6 is 0 Å². The molecule has 0 unspecified atom stereocenters. The van der Waals surface area contributed by atoms with Gasteiger partial charge in [0, 0.05) is 38.7 Å². The van der Waals surface area contributed by atoms with Gasteiger partial charge in [-0.3, -0.25) is 0 Å². The number of pyridine rings is 1. The van der Waals surface area contributed by atoms with Gasteiger partial charge in [0.05, 0.1) is 12.2 Å². The molecule has 19 heavy (non-hydrogen) atoms. The smallest absolute Gasteiger partial charge is 0.151 e. The van der Waals surface area contributed by atoms with E-state index < -0.39 is 0 Å². The van der Waals surface area contributed by atoms with Crippen LogP contribution in [0.5, 0.6) is 0 Å². The van der Waals surface area contributed by atoms with Gasteiger partial charge in [-0.25, -0.2) is 9.97 Å². The monoisotopic (exact) mass is 257 g/mol. The summed E-state index contributed by atoms with van der Waals surface area (Å²) in [6.45, 7) is 2.93. The first-order chi connectivity index (χ1) is 9.34. The predicted molar refractivity (Wildman–Crippen MR) is 76.2 cm³/mol. The van der Waals surface area contributed by atoms with Gasteiger partial charge in [-0.1, -0.05) is 0 Å². The van der Waals surface area contributed by atoms with Crippen LogP contribution in [-0.4, -0.2) is 27.6 Å². The predicted octanol–water partition coefficient (Wildman–Crippen LogP) is 2.03. The van der Waals surface area contributed by atoms with Crippen molar-refractivity contribution >= 4 is 11.5 Å². The summed E-state index contributed by atoms with van der Waals surface area (Å²) in [6, 6.07) is 4.06. The molecule has 5 heteroatoms. The van der Waals surface area contributed by atoms with E-state index in [9.17, 15) is 0 Å². The molecule has 2 aromatic rings. The lowest BCUT2D eigenvalue weighted by atomic mass is 10.3. The summed E-state index contributed by atoms with van der Waals surface area (Å²) in [5, 5.41) is 3.45. The number of hydrogen-bond donors (Lipinski definition) is 1. The Kier molecular flexibility index (Phi) is 3.35. The second-order valence-corrected chi connectivity index (χ2v) is 4.88. The molecule has 0 spiro atoms. The molecule has 1 fully saturated rings. The Balaban J connectivity index is 1.75. The highest BCUT2D eigenvalue weighted by molar-refractivity contribution is 5.65. The summed E-state index contributed by atoms with van der Waals surface area (Å²) in [5.41, 5.74) is 1.09. The lowest BCUT2D eigenvalue weighted by Gasteiger charge is -2.20. The average molecular weight is 257 g/mol. The average Bonchev–Trinajstić information content (AvgIpc) is 3.08. The van der Waals surface area contributed by atoms with E-state index >= 15 is 0 Å². The minimum absolute atomic E-state index is 0.718. The van der Waals surface area contributed by atoms with Gasteiger partial charge in [-0.2, -0.15) is 0 Å². The number of imidazole rings is 1. The molecule has 0 atom stereocenters.